The van der Waals surface area contributed by atoms with Crippen LogP contribution in [0, 0.1) is 0 Å². The van der Waals surface area contributed by atoms with E-state index in [0.717, 1.165) is 61.9 Å². The molecule has 2 aromatic rings. The average molecular weight is 285 g/mol. The zero-order chi connectivity index (χ0) is 14.7. The van der Waals surface area contributed by atoms with Gasteiger partial charge in [0.15, 0.2) is 0 Å². The molecule has 0 amide bonds. The van der Waals surface area contributed by atoms with Crippen LogP contribution in [-0.4, -0.2) is 22.8 Å². The average Bonchev–Trinajstić information content (AvgIpc) is 2.87. The maximum absolute atomic E-state index is 6.40. The Hall–Kier alpha value is -1.81. The molecule has 3 rings (SSSR count). The normalized spacial score (nSPS) is 18.8. The van der Waals surface area contributed by atoms with E-state index < -0.39 is 0 Å². The highest BCUT2D eigenvalue weighted by molar-refractivity contribution is 5.61. The van der Waals surface area contributed by atoms with Crippen LogP contribution in [-0.2, 0) is 11.3 Å². The second-order valence-corrected chi connectivity index (χ2v) is 5.64. The highest BCUT2D eigenvalue weighted by Gasteiger charge is 2.24. The molecule has 2 N–H and O–H groups in total. The molecule has 1 fully saturated rings. The zero-order valence-electron chi connectivity index (χ0n) is 12.6. The summed E-state index contributed by atoms with van der Waals surface area (Å²) < 4.78 is 7.75. The number of nitrogen functional groups attached to an aromatic ring is 1. The maximum Gasteiger partial charge on any atom is 0.141 e. The van der Waals surface area contributed by atoms with Gasteiger partial charge in [-0.2, -0.15) is 0 Å². The predicted octanol–water partition coefficient (Wildman–Crippen LogP) is 3.44. The van der Waals surface area contributed by atoms with E-state index in [4.69, 9.17) is 15.5 Å². The van der Waals surface area contributed by atoms with E-state index in [1.54, 1.807) is 0 Å². The molecule has 1 aromatic heterocycles. The molecule has 0 bridgehead atoms. The number of rotatable bonds is 4. The standard InChI is InChI=1S/C17H23N3O/c1-2-10-20-16(18)15(14-9-6-11-21-12-14)19-17(20)13-7-4-3-5-8-13/h3-5,7-8,14H,2,6,9-12,18H2,1H3. The third kappa shape index (κ3) is 2.81. The van der Waals surface area contributed by atoms with Crippen LogP contribution in [0.2, 0.25) is 0 Å². The van der Waals surface area contributed by atoms with Crippen molar-refractivity contribution in [3.63, 3.8) is 0 Å². The summed E-state index contributed by atoms with van der Waals surface area (Å²) >= 11 is 0. The van der Waals surface area contributed by atoms with E-state index in [9.17, 15) is 0 Å². The Morgan fingerprint density at radius 3 is 2.81 bits per heavy atom. The maximum atomic E-state index is 6.40. The van der Waals surface area contributed by atoms with Crippen LogP contribution >= 0.6 is 0 Å². The lowest BCUT2D eigenvalue weighted by Crippen LogP contribution is -2.17. The van der Waals surface area contributed by atoms with Crippen molar-refractivity contribution in [3.05, 3.63) is 36.0 Å². The van der Waals surface area contributed by atoms with E-state index in [0.29, 0.717) is 5.92 Å². The van der Waals surface area contributed by atoms with E-state index >= 15 is 0 Å². The van der Waals surface area contributed by atoms with Crippen molar-refractivity contribution in [2.24, 2.45) is 0 Å². The van der Waals surface area contributed by atoms with E-state index in [1.807, 2.05) is 18.2 Å². The number of imidazole rings is 1. The third-order valence-corrected chi connectivity index (χ3v) is 4.06. The summed E-state index contributed by atoms with van der Waals surface area (Å²) in [5.74, 6) is 2.13. The molecule has 0 radical (unpaired) electrons. The van der Waals surface area contributed by atoms with E-state index in [-0.39, 0.29) is 0 Å². The Labute approximate surface area is 125 Å². The van der Waals surface area contributed by atoms with Crippen LogP contribution in [0.4, 0.5) is 5.82 Å². The Morgan fingerprint density at radius 1 is 1.33 bits per heavy atom. The molecule has 2 heterocycles. The molecular formula is C17H23N3O. The molecule has 0 spiro atoms. The number of ether oxygens (including phenoxy) is 1. The predicted molar refractivity (Wildman–Crippen MR) is 85.2 cm³/mol. The van der Waals surface area contributed by atoms with Gasteiger partial charge in [0, 0.05) is 24.6 Å². The smallest absolute Gasteiger partial charge is 0.141 e. The van der Waals surface area contributed by atoms with Crippen molar-refractivity contribution in [1.82, 2.24) is 9.55 Å². The lowest BCUT2D eigenvalue weighted by atomic mass is 9.98. The van der Waals surface area contributed by atoms with Crippen LogP contribution in [0.1, 0.15) is 37.8 Å². The second-order valence-electron chi connectivity index (χ2n) is 5.64. The molecule has 1 aliphatic heterocycles. The minimum absolute atomic E-state index is 0.333. The molecule has 1 aliphatic rings. The molecule has 21 heavy (non-hydrogen) atoms. The number of hydrogen-bond acceptors (Lipinski definition) is 3. The van der Waals surface area contributed by atoms with Crippen molar-refractivity contribution in [2.75, 3.05) is 18.9 Å². The summed E-state index contributed by atoms with van der Waals surface area (Å²) in [6.45, 7) is 4.66. The van der Waals surface area contributed by atoms with Gasteiger partial charge in [-0.25, -0.2) is 4.98 Å². The van der Waals surface area contributed by atoms with Gasteiger partial charge in [0.05, 0.1) is 12.3 Å². The Bertz CT molecular complexity index is 586. The second kappa shape index (κ2) is 6.31. The van der Waals surface area contributed by atoms with Gasteiger partial charge in [0.25, 0.3) is 0 Å². The lowest BCUT2D eigenvalue weighted by Gasteiger charge is -2.20. The zero-order valence-corrected chi connectivity index (χ0v) is 12.6. The number of anilines is 1. The number of hydrogen-bond donors (Lipinski definition) is 1. The topological polar surface area (TPSA) is 53.1 Å². The molecule has 0 aliphatic carbocycles. The molecule has 1 unspecified atom stereocenters. The molecule has 112 valence electrons. The summed E-state index contributed by atoms with van der Waals surface area (Å²) in [5, 5.41) is 0. The quantitative estimate of drug-likeness (QED) is 0.936. The summed E-state index contributed by atoms with van der Waals surface area (Å²) in [4.78, 5) is 4.88. The first kappa shape index (κ1) is 14.1. The SMILES string of the molecule is CCCn1c(-c2ccccc2)nc(C2CCCOC2)c1N. The molecule has 1 atom stereocenters. The Kier molecular flexibility index (Phi) is 4.25. The van der Waals surface area contributed by atoms with E-state index in [2.05, 4.69) is 23.6 Å². The first-order chi connectivity index (χ1) is 10.3. The third-order valence-electron chi connectivity index (χ3n) is 4.06. The monoisotopic (exact) mass is 285 g/mol. The van der Waals surface area contributed by atoms with Crippen LogP contribution in [0.5, 0.6) is 0 Å². The summed E-state index contributed by atoms with van der Waals surface area (Å²) in [5.41, 5.74) is 8.54. The van der Waals surface area contributed by atoms with Gasteiger partial charge in [-0.15, -0.1) is 0 Å². The van der Waals surface area contributed by atoms with Gasteiger partial charge in [-0.1, -0.05) is 37.3 Å². The lowest BCUT2D eigenvalue weighted by molar-refractivity contribution is 0.0796. The summed E-state index contributed by atoms with van der Waals surface area (Å²) in [6, 6.07) is 10.3. The molecular weight excluding hydrogens is 262 g/mol. The molecule has 4 nitrogen and oxygen atoms in total. The van der Waals surface area contributed by atoms with Gasteiger partial charge in [0.2, 0.25) is 0 Å². The van der Waals surface area contributed by atoms with Gasteiger partial charge < -0.3 is 15.0 Å². The summed E-state index contributed by atoms with van der Waals surface area (Å²) in [7, 11) is 0. The van der Waals surface area contributed by atoms with Crippen LogP contribution in [0.25, 0.3) is 11.4 Å². The minimum Gasteiger partial charge on any atom is -0.384 e. The Morgan fingerprint density at radius 2 is 2.14 bits per heavy atom. The summed E-state index contributed by atoms with van der Waals surface area (Å²) in [6.07, 6.45) is 3.24. The fourth-order valence-corrected chi connectivity index (χ4v) is 3.00. The van der Waals surface area contributed by atoms with Gasteiger partial charge in [-0.3, -0.25) is 0 Å². The van der Waals surface area contributed by atoms with Crippen molar-refractivity contribution in [3.8, 4) is 11.4 Å². The fraction of sp³-hybridized carbons (Fsp3) is 0.471. The van der Waals surface area contributed by atoms with Gasteiger partial charge >= 0.3 is 0 Å². The van der Waals surface area contributed by atoms with Crippen molar-refractivity contribution in [1.29, 1.82) is 0 Å². The van der Waals surface area contributed by atoms with Gasteiger partial charge in [0.1, 0.15) is 11.6 Å². The van der Waals surface area contributed by atoms with Crippen LogP contribution in [0.3, 0.4) is 0 Å². The first-order valence-corrected chi connectivity index (χ1v) is 7.80. The first-order valence-electron chi connectivity index (χ1n) is 7.80. The number of nitrogens with two attached hydrogens (primary N) is 1. The van der Waals surface area contributed by atoms with Crippen LogP contribution < -0.4 is 5.73 Å². The largest absolute Gasteiger partial charge is 0.384 e. The van der Waals surface area contributed by atoms with Crippen LogP contribution in [0.15, 0.2) is 30.3 Å². The molecule has 1 saturated heterocycles. The van der Waals surface area contributed by atoms with E-state index in [1.165, 1.54) is 0 Å². The molecule has 0 saturated carbocycles. The number of benzene rings is 1. The highest BCUT2D eigenvalue weighted by atomic mass is 16.5. The minimum atomic E-state index is 0.333. The number of nitrogens with zero attached hydrogens (tertiary/aromatic N) is 2. The molecule has 1 aromatic carbocycles. The number of aromatic nitrogens is 2. The van der Waals surface area contributed by atoms with Gasteiger partial charge in [-0.05, 0) is 19.3 Å². The van der Waals surface area contributed by atoms with Crippen molar-refractivity contribution < 1.29 is 4.74 Å². The highest BCUT2D eigenvalue weighted by Crippen LogP contribution is 2.33. The Balaban J connectivity index is 2.02. The molecule has 4 heteroatoms. The van der Waals surface area contributed by atoms with Crippen molar-refractivity contribution in [2.45, 2.75) is 38.6 Å². The van der Waals surface area contributed by atoms with Crippen molar-refractivity contribution >= 4 is 5.82 Å². The fourth-order valence-electron chi connectivity index (χ4n) is 3.00.